The van der Waals surface area contributed by atoms with Crippen molar-refractivity contribution in [1.82, 2.24) is 0 Å². The topological polar surface area (TPSA) is 124 Å². The van der Waals surface area contributed by atoms with Crippen molar-refractivity contribution < 1.29 is 34.3 Å². The number of Topliss-reactive ketones (excluding diaryl/α,β-unsaturated/α-hetero) is 1. The third-order valence-electron chi connectivity index (χ3n) is 5.29. The summed E-state index contributed by atoms with van der Waals surface area (Å²) in [6.07, 6.45) is 0.573. The predicted molar refractivity (Wildman–Crippen MR) is 130 cm³/mol. The van der Waals surface area contributed by atoms with E-state index in [1.54, 1.807) is 63.2 Å². The molecule has 0 heterocycles. The second-order valence-corrected chi connectivity index (χ2v) is 9.15. The number of carbonyl (C=O) groups is 3. The van der Waals surface area contributed by atoms with Gasteiger partial charge in [0.1, 0.15) is 5.60 Å². The number of hydrogen-bond acceptors (Lipinski definition) is 6. The molecule has 0 bridgehead atoms. The van der Waals surface area contributed by atoms with Gasteiger partial charge in [0.2, 0.25) is 0 Å². The number of carboxylic acids is 1. The molecule has 0 aromatic heterocycles. The number of unbranched alkanes of at least 4 members (excludes halogenated alkanes) is 1. The molecule has 0 radical (unpaired) electrons. The van der Waals surface area contributed by atoms with Crippen LogP contribution in [0, 0.1) is 0 Å². The lowest BCUT2D eigenvalue weighted by Crippen LogP contribution is -2.68. The summed E-state index contributed by atoms with van der Waals surface area (Å²) >= 11 is 0. The smallest absolute Gasteiger partial charge is 0.480 e. The summed E-state index contributed by atoms with van der Waals surface area (Å²) < 4.78 is 5.44. The molecule has 0 spiro atoms. The maximum atomic E-state index is 13.2. The molecule has 2 rings (SSSR count). The number of benzene rings is 2. The maximum Gasteiger partial charge on any atom is 0.492 e. The highest BCUT2D eigenvalue weighted by molar-refractivity contribution is 6.54. The number of anilines is 1. The van der Waals surface area contributed by atoms with Gasteiger partial charge in [0.05, 0.1) is 0 Å². The molecule has 182 valence electrons. The summed E-state index contributed by atoms with van der Waals surface area (Å²) in [5, 5.41) is 31.0. The van der Waals surface area contributed by atoms with E-state index in [2.05, 4.69) is 0 Å². The van der Waals surface area contributed by atoms with Crippen molar-refractivity contribution in [3.8, 4) is 0 Å². The van der Waals surface area contributed by atoms with Gasteiger partial charge in [0, 0.05) is 24.1 Å². The van der Waals surface area contributed by atoms with Crippen molar-refractivity contribution in [3.05, 3.63) is 65.7 Å². The van der Waals surface area contributed by atoms with E-state index >= 15 is 0 Å². The van der Waals surface area contributed by atoms with Crippen molar-refractivity contribution in [1.29, 1.82) is 0 Å². The summed E-state index contributed by atoms with van der Waals surface area (Å²) in [4.78, 5) is 38.9. The molecule has 2 aromatic rings. The second kappa shape index (κ2) is 11.3. The van der Waals surface area contributed by atoms with Crippen LogP contribution in [0.4, 0.5) is 10.5 Å². The quantitative estimate of drug-likeness (QED) is 0.356. The maximum absolute atomic E-state index is 13.2. The van der Waals surface area contributed by atoms with Crippen molar-refractivity contribution in [2.45, 2.75) is 64.4 Å². The summed E-state index contributed by atoms with van der Waals surface area (Å²) in [7, 11) is -2.46. The molecule has 2 aromatic carbocycles. The van der Waals surface area contributed by atoms with E-state index in [1.807, 2.05) is 6.92 Å². The minimum Gasteiger partial charge on any atom is -0.480 e. The van der Waals surface area contributed by atoms with E-state index in [9.17, 15) is 29.5 Å². The summed E-state index contributed by atoms with van der Waals surface area (Å²) in [6.45, 7) is 6.87. The fourth-order valence-corrected chi connectivity index (χ4v) is 3.55. The van der Waals surface area contributed by atoms with Gasteiger partial charge in [0.15, 0.2) is 11.2 Å². The van der Waals surface area contributed by atoms with Crippen LogP contribution in [0.1, 0.15) is 62.9 Å². The van der Waals surface area contributed by atoms with E-state index in [4.69, 9.17) is 4.74 Å². The van der Waals surface area contributed by atoms with E-state index in [0.717, 1.165) is 17.7 Å². The van der Waals surface area contributed by atoms with Crippen LogP contribution in [0.25, 0.3) is 0 Å². The summed E-state index contributed by atoms with van der Waals surface area (Å²) in [5.74, 6) is -1.65. The average molecular weight is 469 g/mol. The first-order chi connectivity index (χ1) is 15.9. The van der Waals surface area contributed by atoms with Crippen molar-refractivity contribution in [2.75, 3.05) is 4.90 Å². The van der Waals surface area contributed by atoms with Crippen molar-refractivity contribution >= 4 is 30.7 Å². The molecule has 0 unspecified atom stereocenters. The molecule has 0 aliphatic rings. The van der Waals surface area contributed by atoms with E-state index in [-0.39, 0.29) is 11.5 Å². The number of carboxylic acid groups (broad SMARTS) is 1. The van der Waals surface area contributed by atoms with Crippen LogP contribution >= 0.6 is 0 Å². The molecular formula is C25H32BNO7. The average Bonchev–Trinajstić information content (AvgIpc) is 2.76. The highest BCUT2D eigenvalue weighted by Gasteiger charge is 2.58. The van der Waals surface area contributed by atoms with Gasteiger partial charge < -0.3 is 19.9 Å². The van der Waals surface area contributed by atoms with Gasteiger partial charge >= 0.3 is 19.2 Å². The molecule has 1 atom stereocenters. The number of ether oxygens (including phenoxy) is 1. The molecular weight excluding hydrogens is 437 g/mol. The Kier molecular flexibility index (Phi) is 9.01. The summed E-state index contributed by atoms with van der Waals surface area (Å²) in [6, 6.07) is 14.1. The van der Waals surface area contributed by atoms with Crippen molar-refractivity contribution in [2.24, 2.45) is 0 Å². The third-order valence-corrected chi connectivity index (χ3v) is 5.29. The van der Waals surface area contributed by atoms with E-state index in [0.29, 0.717) is 17.5 Å². The molecule has 1 amide bonds. The Bertz CT molecular complexity index is 987. The van der Waals surface area contributed by atoms with E-state index in [1.165, 1.54) is 12.1 Å². The van der Waals surface area contributed by atoms with E-state index < -0.39 is 36.6 Å². The number of aliphatic carboxylic acids is 1. The Labute approximate surface area is 200 Å². The van der Waals surface area contributed by atoms with Crippen molar-refractivity contribution in [3.63, 3.8) is 0 Å². The zero-order valence-electron chi connectivity index (χ0n) is 20.0. The molecule has 3 N–H and O–H groups in total. The van der Waals surface area contributed by atoms with Gasteiger partial charge in [-0.2, -0.15) is 0 Å². The molecule has 34 heavy (non-hydrogen) atoms. The van der Waals surface area contributed by atoms with Crippen LogP contribution in [-0.2, 0) is 16.0 Å². The lowest BCUT2D eigenvalue weighted by atomic mass is 9.60. The highest BCUT2D eigenvalue weighted by Crippen LogP contribution is 2.32. The lowest BCUT2D eigenvalue weighted by molar-refractivity contribution is -0.141. The molecule has 0 aliphatic carbocycles. The normalized spacial score (nSPS) is 13.0. The SMILES string of the molecule is CCCCC(=O)c1ccc(C[C@@](B(O)O)(C(=O)O)N(C(=O)OC(C)(C)C)c2ccccc2)cc1. The molecule has 8 nitrogen and oxygen atoms in total. The van der Waals surface area contributed by atoms with Crippen LogP contribution in [0.15, 0.2) is 54.6 Å². The van der Waals surface area contributed by atoms with Gasteiger partial charge in [-0.25, -0.2) is 4.79 Å². The molecule has 9 heteroatoms. The zero-order chi connectivity index (χ0) is 25.5. The first kappa shape index (κ1) is 27.1. The first-order valence-electron chi connectivity index (χ1n) is 11.2. The number of para-hydroxylation sites is 1. The fraction of sp³-hybridized carbons (Fsp3) is 0.400. The van der Waals surface area contributed by atoms with Crippen LogP contribution in [0.2, 0.25) is 0 Å². The Hall–Kier alpha value is -3.17. The monoisotopic (exact) mass is 469 g/mol. The number of rotatable bonds is 10. The predicted octanol–water partition coefficient (Wildman–Crippen LogP) is 3.88. The second-order valence-electron chi connectivity index (χ2n) is 9.15. The molecule has 0 saturated heterocycles. The number of carbonyl (C=O) groups excluding carboxylic acids is 2. The minimum absolute atomic E-state index is 0.0280. The Balaban J connectivity index is 2.55. The number of ketones is 1. The third kappa shape index (κ3) is 6.45. The number of hydrogen-bond donors (Lipinski definition) is 3. The van der Waals surface area contributed by atoms with Gasteiger partial charge in [-0.05, 0) is 44.9 Å². The summed E-state index contributed by atoms with van der Waals surface area (Å²) in [5.41, 5.74) is -2.47. The first-order valence-corrected chi connectivity index (χ1v) is 11.2. The number of nitrogens with zero attached hydrogens (tertiary/aromatic N) is 1. The highest BCUT2D eigenvalue weighted by atomic mass is 16.6. The van der Waals surface area contributed by atoms with Gasteiger partial charge in [-0.3, -0.25) is 14.5 Å². The zero-order valence-corrected chi connectivity index (χ0v) is 20.0. The van der Waals surface area contributed by atoms with Crippen LogP contribution in [-0.4, -0.2) is 51.2 Å². The minimum atomic E-state index is -2.50. The van der Waals surface area contributed by atoms with Crippen LogP contribution in [0.3, 0.4) is 0 Å². The molecule has 0 fully saturated rings. The Morgan fingerprint density at radius 1 is 0.971 bits per heavy atom. The lowest BCUT2D eigenvalue weighted by Gasteiger charge is -2.40. The van der Waals surface area contributed by atoms with Gasteiger partial charge in [-0.1, -0.05) is 55.8 Å². The molecule has 0 saturated carbocycles. The van der Waals surface area contributed by atoms with Crippen LogP contribution < -0.4 is 4.90 Å². The fourth-order valence-electron chi connectivity index (χ4n) is 3.55. The van der Waals surface area contributed by atoms with Crippen LogP contribution in [0.5, 0.6) is 0 Å². The largest absolute Gasteiger partial charge is 0.492 e. The van der Waals surface area contributed by atoms with Gasteiger partial charge in [-0.15, -0.1) is 0 Å². The Morgan fingerprint density at radius 3 is 2.03 bits per heavy atom. The standard InChI is InChI=1S/C25H32BNO7/c1-5-6-12-21(28)19-15-13-18(14-16-19)17-25(22(29)30,26(32)33)27(20-10-8-7-9-11-20)23(31)34-24(2,3)4/h7-11,13-16,32-33H,5-6,12,17H2,1-4H3,(H,29,30)/t25-/m0/s1. The molecule has 0 aliphatic heterocycles. The Morgan fingerprint density at radius 2 is 1.56 bits per heavy atom. The number of amides is 1. The van der Waals surface area contributed by atoms with Gasteiger partial charge in [0.25, 0.3) is 0 Å².